The number of nitrogens with zero attached hydrogens (tertiary/aromatic N) is 1. The molecule has 1 heterocycles. The molecular formula is C20H29ClN4O2. The van der Waals surface area contributed by atoms with Crippen molar-refractivity contribution in [2.75, 3.05) is 13.1 Å². The molecule has 1 aromatic heterocycles. The average molecular weight is 393 g/mol. The van der Waals surface area contributed by atoms with Crippen molar-refractivity contribution >= 4 is 18.3 Å². The summed E-state index contributed by atoms with van der Waals surface area (Å²) >= 11 is 0. The molecule has 148 valence electrons. The van der Waals surface area contributed by atoms with Crippen LogP contribution in [-0.2, 0) is 0 Å². The lowest BCUT2D eigenvalue weighted by Gasteiger charge is -2.16. The molecule has 1 saturated carbocycles. The molecule has 1 amide bonds. The van der Waals surface area contributed by atoms with Crippen molar-refractivity contribution < 1.29 is 4.79 Å². The van der Waals surface area contributed by atoms with Crippen LogP contribution in [-0.4, -0.2) is 34.8 Å². The number of carbonyl (C=O) groups is 1. The van der Waals surface area contributed by atoms with Crippen LogP contribution in [0.1, 0.15) is 54.6 Å². The van der Waals surface area contributed by atoms with Crippen molar-refractivity contribution in [2.45, 2.75) is 51.5 Å². The molecule has 27 heavy (non-hydrogen) atoms. The van der Waals surface area contributed by atoms with Crippen LogP contribution in [0.25, 0.3) is 5.69 Å². The zero-order valence-corrected chi connectivity index (χ0v) is 16.6. The third-order valence-electron chi connectivity index (χ3n) is 4.96. The summed E-state index contributed by atoms with van der Waals surface area (Å²) in [7, 11) is 0. The number of carbonyl (C=O) groups excluding carboxylic acids is 1. The lowest BCUT2D eigenvalue weighted by molar-refractivity contribution is 0.0948. The van der Waals surface area contributed by atoms with Crippen LogP contribution in [0, 0.1) is 6.92 Å². The number of hydrogen-bond donors (Lipinski definition) is 3. The molecular weight excluding hydrogens is 364 g/mol. The van der Waals surface area contributed by atoms with Gasteiger partial charge in [0.2, 0.25) is 0 Å². The Bertz CT molecular complexity index is 774. The first-order chi connectivity index (χ1) is 12.6. The molecule has 0 saturated heterocycles. The summed E-state index contributed by atoms with van der Waals surface area (Å²) in [5, 5.41) is 9.28. The van der Waals surface area contributed by atoms with Gasteiger partial charge in [-0.1, -0.05) is 43.4 Å². The van der Waals surface area contributed by atoms with E-state index in [1.54, 1.807) is 0 Å². The number of aryl methyl sites for hydroxylation is 1. The molecule has 2 aromatic rings. The maximum Gasteiger partial charge on any atom is 0.271 e. The monoisotopic (exact) mass is 392 g/mol. The molecule has 6 nitrogen and oxygen atoms in total. The first kappa shape index (κ1) is 21.3. The minimum Gasteiger partial charge on any atom is -0.349 e. The van der Waals surface area contributed by atoms with Crippen LogP contribution < -0.4 is 16.2 Å². The number of H-pyrrole nitrogens is 1. The van der Waals surface area contributed by atoms with Gasteiger partial charge in [0.25, 0.3) is 11.5 Å². The Morgan fingerprint density at radius 2 is 1.78 bits per heavy atom. The second kappa shape index (κ2) is 10.3. The molecule has 0 unspecified atom stereocenters. The van der Waals surface area contributed by atoms with Gasteiger partial charge in [0.1, 0.15) is 5.69 Å². The summed E-state index contributed by atoms with van der Waals surface area (Å²) in [5.74, 6) is -0.254. The fourth-order valence-corrected chi connectivity index (χ4v) is 3.43. The van der Waals surface area contributed by atoms with Gasteiger partial charge in [-0.2, -0.15) is 0 Å². The highest BCUT2D eigenvalue weighted by molar-refractivity contribution is 5.92. The standard InChI is InChI=1S/C20H28N4O2.ClH/c1-15-8-10-17(11-9-15)24-19(25)14-18(23-24)20(26)22-13-12-21-16-6-4-2-3-5-7-16;/h8-11,14,16,21,23H,2-7,12-13H2,1H3,(H,22,26);1H. The predicted molar refractivity (Wildman–Crippen MR) is 110 cm³/mol. The molecule has 1 fully saturated rings. The first-order valence-electron chi connectivity index (χ1n) is 9.54. The number of halogens is 1. The van der Waals surface area contributed by atoms with Crippen LogP contribution in [0.2, 0.25) is 0 Å². The smallest absolute Gasteiger partial charge is 0.271 e. The van der Waals surface area contributed by atoms with Gasteiger partial charge in [-0.3, -0.25) is 14.7 Å². The van der Waals surface area contributed by atoms with E-state index in [9.17, 15) is 9.59 Å². The predicted octanol–water partition coefficient (Wildman–Crippen LogP) is 2.94. The minimum absolute atomic E-state index is 0. The summed E-state index contributed by atoms with van der Waals surface area (Å²) in [6, 6.07) is 9.48. The van der Waals surface area contributed by atoms with Crippen molar-refractivity contribution in [2.24, 2.45) is 0 Å². The summed E-state index contributed by atoms with van der Waals surface area (Å²) < 4.78 is 1.39. The SMILES string of the molecule is Cc1ccc(-n2[nH]c(C(=O)NCCNC3CCCCCC3)cc2=O)cc1.Cl. The minimum atomic E-state index is -0.254. The third kappa shape index (κ3) is 5.97. The lowest BCUT2D eigenvalue weighted by atomic mass is 10.1. The van der Waals surface area contributed by atoms with E-state index in [2.05, 4.69) is 15.7 Å². The molecule has 3 N–H and O–H groups in total. The van der Waals surface area contributed by atoms with Crippen molar-refractivity contribution in [3.63, 3.8) is 0 Å². The normalized spacial score (nSPS) is 15.0. The lowest BCUT2D eigenvalue weighted by Crippen LogP contribution is -2.37. The van der Waals surface area contributed by atoms with Crippen LogP contribution in [0.3, 0.4) is 0 Å². The molecule has 0 spiro atoms. The molecule has 0 bridgehead atoms. The van der Waals surface area contributed by atoms with E-state index in [1.807, 2.05) is 31.2 Å². The van der Waals surface area contributed by atoms with E-state index in [1.165, 1.54) is 49.3 Å². The van der Waals surface area contributed by atoms with Gasteiger partial charge in [-0.25, -0.2) is 4.68 Å². The molecule has 1 aliphatic carbocycles. The van der Waals surface area contributed by atoms with E-state index >= 15 is 0 Å². The second-order valence-electron chi connectivity index (χ2n) is 7.08. The number of aromatic amines is 1. The molecule has 0 aliphatic heterocycles. The maximum atomic E-state index is 12.3. The van der Waals surface area contributed by atoms with Crippen molar-refractivity contribution in [3.8, 4) is 5.69 Å². The van der Waals surface area contributed by atoms with Crippen LogP contribution in [0.5, 0.6) is 0 Å². The molecule has 1 aliphatic rings. The number of rotatable bonds is 6. The summed E-state index contributed by atoms with van der Waals surface area (Å²) in [5.41, 5.74) is 1.88. The van der Waals surface area contributed by atoms with Crippen molar-refractivity contribution in [1.29, 1.82) is 0 Å². The number of amides is 1. The van der Waals surface area contributed by atoms with Gasteiger partial charge in [-0.15, -0.1) is 12.4 Å². The largest absolute Gasteiger partial charge is 0.349 e. The van der Waals surface area contributed by atoms with Crippen LogP contribution in [0.15, 0.2) is 35.1 Å². The van der Waals surface area contributed by atoms with Gasteiger partial charge in [0.05, 0.1) is 5.69 Å². The van der Waals surface area contributed by atoms with E-state index in [-0.39, 0.29) is 29.6 Å². The van der Waals surface area contributed by atoms with Gasteiger partial charge in [0.15, 0.2) is 0 Å². The zero-order chi connectivity index (χ0) is 18.4. The van der Waals surface area contributed by atoms with E-state index in [0.717, 1.165) is 17.8 Å². The quantitative estimate of drug-likeness (QED) is 0.522. The Morgan fingerprint density at radius 1 is 1.11 bits per heavy atom. The third-order valence-corrected chi connectivity index (χ3v) is 4.96. The van der Waals surface area contributed by atoms with Gasteiger partial charge in [0, 0.05) is 25.2 Å². The van der Waals surface area contributed by atoms with Crippen LogP contribution in [0.4, 0.5) is 0 Å². The van der Waals surface area contributed by atoms with E-state index in [4.69, 9.17) is 0 Å². The van der Waals surface area contributed by atoms with Crippen molar-refractivity contribution in [3.05, 3.63) is 51.9 Å². The Morgan fingerprint density at radius 3 is 2.44 bits per heavy atom. The number of aromatic nitrogens is 2. The molecule has 0 atom stereocenters. The average Bonchev–Trinajstić information content (AvgIpc) is 2.85. The summed E-state index contributed by atoms with van der Waals surface area (Å²) in [6.07, 6.45) is 7.69. The number of nitrogens with one attached hydrogen (secondary N) is 3. The Balaban J connectivity index is 0.00000261. The summed E-state index contributed by atoms with van der Waals surface area (Å²) in [6.45, 7) is 3.29. The molecule has 1 aromatic carbocycles. The van der Waals surface area contributed by atoms with Crippen molar-refractivity contribution in [1.82, 2.24) is 20.4 Å². The molecule has 7 heteroatoms. The van der Waals surface area contributed by atoms with Gasteiger partial charge in [-0.05, 0) is 31.9 Å². The van der Waals surface area contributed by atoms with Gasteiger partial charge >= 0.3 is 0 Å². The Hall–Kier alpha value is -2.05. The highest BCUT2D eigenvalue weighted by Gasteiger charge is 2.13. The number of benzene rings is 1. The highest BCUT2D eigenvalue weighted by atomic mass is 35.5. The molecule has 3 rings (SSSR count). The fraction of sp³-hybridized carbons (Fsp3) is 0.500. The Labute approximate surface area is 166 Å². The maximum absolute atomic E-state index is 12.3. The van der Waals surface area contributed by atoms with Gasteiger partial charge < -0.3 is 10.6 Å². The van der Waals surface area contributed by atoms with E-state index < -0.39 is 0 Å². The fourth-order valence-electron chi connectivity index (χ4n) is 3.43. The zero-order valence-electron chi connectivity index (χ0n) is 15.8. The number of hydrogen-bond acceptors (Lipinski definition) is 3. The molecule has 0 radical (unpaired) electrons. The first-order valence-corrected chi connectivity index (χ1v) is 9.54. The summed E-state index contributed by atoms with van der Waals surface area (Å²) in [4.78, 5) is 24.4. The van der Waals surface area contributed by atoms with E-state index in [0.29, 0.717) is 12.6 Å². The Kier molecular flexibility index (Phi) is 8.13. The second-order valence-corrected chi connectivity index (χ2v) is 7.08. The topological polar surface area (TPSA) is 78.9 Å². The highest BCUT2D eigenvalue weighted by Crippen LogP contribution is 2.16. The van der Waals surface area contributed by atoms with Crippen LogP contribution >= 0.6 is 12.4 Å².